The molecular formula is C15H27F3N2O. The van der Waals surface area contributed by atoms with Crippen LogP contribution in [-0.2, 0) is 4.79 Å². The van der Waals surface area contributed by atoms with Crippen LogP contribution in [0.1, 0.15) is 40.0 Å². The molecule has 0 bridgehead atoms. The maximum Gasteiger partial charge on any atom is 0.401 e. The van der Waals surface area contributed by atoms with E-state index >= 15 is 0 Å². The Bertz CT molecular complexity index is 317. The van der Waals surface area contributed by atoms with Crippen LogP contribution in [0.5, 0.6) is 0 Å². The number of halogens is 3. The normalized spacial score (nSPS) is 24.8. The summed E-state index contributed by atoms with van der Waals surface area (Å²) in [5, 5.41) is 2.15. The molecule has 0 radical (unpaired) electrons. The molecular weight excluding hydrogens is 281 g/mol. The lowest BCUT2D eigenvalue weighted by atomic mass is 10.0. The Kier molecular flexibility index (Phi) is 6.97. The number of carbonyl (C=O) groups is 1. The number of fused-ring (bicyclic) bond motifs is 1. The van der Waals surface area contributed by atoms with Crippen LogP contribution in [0.2, 0.25) is 0 Å². The van der Waals surface area contributed by atoms with Crippen LogP contribution in [0.25, 0.3) is 0 Å². The lowest BCUT2D eigenvalue weighted by Crippen LogP contribution is -2.40. The highest BCUT2D eigenvalue weighted by Crippen LogP contribution is 2.37. The molecule has 2 unspecified atom stereocenters. The molecule has 0 aromatic heterocycles. The fourth-order valence-electron chi connectivity index (χ4n) is 2.86. The van der Waals surface area contributed by atoms with Gasteiger partial charge in [-0.3, -0.25) is 4.79 Å². The van der Waals surface area contributed by atoms with Crippen LogP contribution in [0.4, 0.5) is 13.2 Å². The second-order valence-corrected chi connectivity index (χ2v) is 6.70. The summed E-state index contributed by atoms with van der Waals surface area (Å²) < 4.78 is 35.7. The first-order valence-corrected chi connectivity index (χ1v) is 7.74. The van der Waals surface area contributed by atoms with E-state index in [9.17, 15) is 18.0 Å². The van der Waals surface area contributed by atoms with E-state index < -0.39 is 12.7 Å². The molecule has 1 saturated carbocycles. The van der Waals surface area contributed by atoms with Gasteiger partial charge in [0, 0.05) is 13.1 Å². The highest BCUT2D eigenvalue weighted by Gasteiger charge is 2.37. The lowest BCUT2D eigenvalue weighted by molar-refractivity contribution is -0.133. The zero-order valence-corrected chi connectivity index (χ0v) is 13.2. The molecule has 2 atom stereocenters. The topological polar surface area (TPSA) is 32.3 Å². The molecule has 0 aromatic rings. The van der Waals surface area contributed by atoms with Crippen LogP contribution >= 0.6 is 0 Å². The zero-order valence-electron chi connectivity index (χ0n) is 13.2. The quantitative estimate of drug-likeness (QED) is 0.869. The van der Waals surface area contributed by atoms with Crippen molar-refractivity contribution in [3.05, 3.63) is 0 Å². The van der Waals surface area contributed by atoms with Crippen molar-refractivity contribution in [2.45, 2.75) is 46.2 Å². The minimum Gasteiger partial charge on any atom is -0.341 e. The first-order valence-electron chi connectivity index (χ1n) is 7.74. The Labute approximate surface area is 125 Å². The Morgan fingerprint density at radius 2 is 1.67 bits per heavy atom. The lowest BCUT2D eigenvalue weighted by Gasteiger charge is -2.18. The minimum atomic E-state index is -4.25. The van der Waals surface area contributed by atoms with Gasteiger partial charge in [0.15, 0.2) is 0 Å². The predicted octanol–water partition coefficient (Wildman–Crippen LogP) is 3.06. The smallest absolute Gasteiger partial charge is 0.341 e. The van der Waals surface area contributed by atoms with Gasteiger partial charge in [-0.05, 0) is 30.6 Å². The molecule has 1 heterocycles. The van der Waals surface area contributed by atoms with E-state index in [1.54, 1.807) is 4.90 Å². The molecule has 1 aliphatic heterocycles. The number of hydrogen-bond acceptors (Lipinski definition) is 2. The van der Waals surface area contributed by atoms with Crippen molar-refractivity contribution in [1.29, 1.82) is 0 Å². The number of rotatable bonds is 3. The van der Waals surface area contributed by atoms with Gasteiger partial charge in [0.25, 0.3) is 0 Å². The van der Waals surface area contributed by atoms with E-state index in [2.05, 4.69) is 26.1 Å². The molecule has 2 fully saturated rings. The molecule has 1 N–H and O–H groups in total. The van der Waals surface area contributed by atoms with Crippen molar-refractivity contribution in [2.24, 2.45) is 17.8 Å². The van der Waals surface area contributed by atoms with Gasteiger partial charge in [-0.25, -0.2) is 0 Å². The molecule has 124 valence electrons. The van der Waals surface area contributed by atoms with Crippen molar-refractivity contribution in [1.82, 2.24) is 10.2 Å². The van der Waals surface area contributed by atoms with Gasteiger partial charge in [0.1, 0.15) is 0 Å². The van der Waals surface area contributed by atoms with E-state index in [-0.39, 0.29) is 12.5 Å². The van der Waals surface area contributed by atoms with E-state index in [0.717, 1.165) is 31.8 Å². The van der Waals surface area contributed by atoms with Crippen LogP contribution < -0.4 is 5.32 Å². The number of carbonyl (C=O) groups excluding carboxylic acids is 1. The maximum absolute atomic E-state index is 11.9. The predicted molar refractivity (Wildman–Crippen MR) is 76.8 cm³/mol. The highest BCUT2D eigenvalue weighted by molar-refractivity contribution is 5.78. The Hall–Kier alpha value is -0.780. The largest absolute Gasteiger partial charge is 0.401 e. The standard InChI is InChI=1S/C11H17F3N2O.C4H10/c12-11(13,14)7-15-4-10(17)16-5-8-2-1-3-9(8)6-16;1-4(2)3/h8-9,15H,1-7H2;4H,1-3H3. The number of likely N-dealkylation sites (tertiary alicyclic amines) is 1. The summed E-state index contributed by atoms with van der Waals surface area (Å²) >= 11 is 0. The van der Waals surface area contributed by atoms with Gasteiger partial charge in [-0.2, -0.15) is 13.2 Å². The summed E-state index contributed by atoms with van der Waals surface area (Å²) in [4.78, 5) is 13.4. The third-order valence-electron chi connectivity index (χ3n) is 3.68. The van der Waals surface area contributed by atoms with E-state index in [0.29, 0.717) is 11.8 Å². The third kappa shape index (κ3) is 7.16. The Morgan fingerprint density at radius 1 is 1.19 bits per heavy atom. The molecule has 2 aliphatic rings. The maximum atomic E-state index is 11.9. The van der Waals surface area contributed by atoms with Crippen LogP contribution in [-0.4, -0.2) is 43.2 Å². The molecule has 3 nitrogen and oxygen atoms in total. The number of amides is 1. The minimum absolute atomic E-state index is 0.205. The van der Waals surface area contributed by atoms with Gasteiger partial charge >= 0.3 is 6.18 Å². The molecule has 1 aliphatic carbocycles. The first-order chi connectivity index (χ1) is 9.69. The summed E-state index contributed by atoms with van der Waals surface area (Å²) in [6, 6.07) is 0. The molecule has 1 saturated heterocycles. The van der Waals surface area contributed by atoms with Crippen LogP contribution in [0.3, 0.4) is 0 Å². The summed E-state index contributed by atoms with van der Waals surface area (Å²) in [6.07, 6.45) is -0.708. The fourth-order valence-corrected chi connectivity index (χ4v) is 2.86. The molecule has 21 heavy (non-hydrogen) atoms. The number of nitrogens with zero attached hydrogens (tertiary/aromatic N) is 1. The number of alkyl halides is 3. The molecule has 0 spiro atoms. The molecule has 6 heteroatoms. The van der Waals surface area contributed by atoms with E-state index in [1.165, 1.54) is 6.42 Å². The SMILES string of the molecule is CC(C)C.O=C(CNCC(F)(F)F)N1CC2CCCC2C1. The fraction of sp³-hybridized carbons (Fsp3) is 0.933. The van der Waals surface area contributed by atoms with Crippen molar-refractivity contribution in [2.75, 3.05) is 26.2 Å². The van der Waals surface area contributed by atoms with Crippen molar-refractivity contribution in [3.63, 3.8) is 0 Å². The van der Waals surface area contributed by atoms with E-state index in [4.69, 9.17) is 0 Å². The molecule has 1 amide bonds. The second kappa shape index (κ2) is 8.01. The Balaban J connectivity index is 0.000000491. The average molecular weight is 308 g/mol. The van der Waals surface area contributed by atoms with E-state index in [1.807, 2.05) is 0 Å². The van der Waals surface area contributed by atoms with Crippen molar-refractivity contribution in [3.8, 4) is 0 Å². The summed E-state index contributed by atoms with van der Waals surface area (Å²) in [5.41, 5.74) is 0. The van der Waals surface area contributed by atoms with Gasteiger partial charge in [0.2, 0.25) is 5.91 Å². The molecule has 0 aromatic carbocycles. The van der Waals surface area contributed by atoms with Crippen molar-refractivity contribution >= 4 is 5.91 Å². The van der Waals surface area contributed by atoms with Gasteiger partial charge < -0.3 is 10.2 Å². The van der Waals surface area contributed by atoms with Crippen LogP contribution in [0, 0.1) is 17.8 Å². The summed E-state index contributed by atoms with van der Waals surface area (Å²) in [5.74, 6) is 1.80. The summed E-state index contributed by atoms with van der Waals surface area (Å²) in [6.45, 7) is 6.66. The van der Waals surface area contributed by atoms with Crippen LogP contribution in [0.15, 0.2) is 0 Å². The zero-order chi connectivity index (χ0) is 16.0. The average Bonchev–Trinajstić information content (AvgIpc) is 2.85. The highest BCUT2D eigenvalue weighted by atomic mass is 19.4. The van der Waals surface area contributed by atoms with Gasteiger partial charge in [-0.1, -0.05) is 27.2 Å². The molecule has 2 rings (SSSR count). The Morgan fingerprint density at radius 3 is 2.10 bits per heavy atom. The number of nitrogens with one attached hydrogen (secondary N) is 1. The van der Waals surface area contributed by atoms with Gasteiger partial charge in [-0.15, -0.1) is 0 Å². The third-order valence-corrected chi connectivity index (χ3v) is 3.68. The van der Waals surface area contributed by atoms with Crippen molar-refractivity contribution < 1.29 is 18.0 Å². The monoisotopic (exact) mass is 308 g/mol. The van der Waals surface area contributed by atoms with Gasteiger partial charge in [0.05, 0.1) is 13.1 Å². The first kappa shape index (κ1) is 18.3. The second-order valence-electron chi connectivity index (χ2n) is 6.70. The summed E-state index contributed by atoms with van der Waals surface area (Å²) in [7, 11) is 0. The number of hydrogen-bond donors (Lipinski definition) is 1.